The minimum atomic E-state index is -1.45. The van der Waals surface area contributed by atoms with Crippen LogP contribution in [0.4, 0.5) is 14.5 Å². The maximum Gasteiger partial charge on any atom is 0.269 e. The molecule has 4 aromatic rings. The highest BCUT2D eigenvalue weighted by atomic mass is 19.1. The van der Waals surface area contributed by atoms with Crippen LogP contribution < -0.4 is 11.1 Å². The smallest absolute Gasteiger partial charge is 0.269 e. The molecule has 2 aliphatic rings. The van der Waals surface area contributed by atoms with Gasteiger partial charge in [0.05, 0.1) is 17.7 Å². The molecule has 1 fully saturated rings. The number of nitrogens with one attached hydrogen (secondary N) is 1. The van der Waals surface area contributed by atoms with Crippen LogP contribution in [-0.4, -0.2) is 56.9 Å². The van der Waals surface area contributed by atoms with E-state index >= 15 is 4.39 Å². The lowest BCUT2D eigenvalue weighted by atomic mass is 9.99. The van der Waals surface area contributed by atoms with E-state index in [0.29, 0.717) is 34.9 Å². The van der Waals surface area contributed by atoms with Crippen molar-refractivity contribution in [1.82, 2.24) is 14.7 Å². The summed E-state index contributed by atoms with van der Waals surface area (Å²) in [5.74, 6) is -2.79. The molecule has 0 spiro atoms. The molecule has 6 rings (SSSR count). The van der Waals surface area contributed by atoms with Gasteiger partial charge in [-0.25, -0.2) is 8.78 Å². The van der Waals surface area contributed by atoms with E-state index in [2.05, 4.69) is 10.4 Å². The zero-order chi connectivity index (χ0) is 28.8. The van der Waals surface area contributed by atoms with Gasteiger partial charge in [0.15, 0.2) is 17.3 Å². The Hall–Kier alpha value is -4.93. The van der Waals surface area contributed by atoms with Gasteiger partial charge in [-0.15, -0.1) is 0 Å². The van der Waals surface area contributed by atoms with Crippen molar-refractivity contribution in [3.63, 3.8) is 0 Å². The van der Waals surface area contributed by atoms with Crippen molar-refractivity contribution < 1.29 is 28.0 Å². The number of nitrogens with zero attached hydrogens (tertiary/aromatic N) is 3. The van der Waals surface area contributed by atoms with Crippen molar-refractivity contribution in [3.05, 3.63) is 83.3 Å². The zero-order valence-corrected chi connectivity index (χ0v) is 21.8. The van der Waals surface area contributed by atoms with Crippen molar-refractivity contribution in [2.45, 2.75) is 38.0 Å². The number of halogens is 2. The first kappa shape index (κ1) is 26.3. The number of carbonyl (C=O) groups is 4. The number of para-hydroxylation sites is 1. The van der Waals surface area contributed by atoms with Crippen LogP contribution in [0, 0.1) is 5.82 Å². The van der Waals surface area contributed by atoms with Crippen LogP contribution in [0.1, 0.15) is 39.3 Å². The summed E-state index contributed by atoms with van der Waals surface area (Å²) in [4.78, 5) is 51.7. The molecule has 1 saturated heterocycles. The quantitative estimate of drug-likeness (QED) is 0.374. The number of amides is 3. The zero-order valence-electron chi connectivity index (χ0n) is 21.8. The Balaban J connectivity index is 1.23. The number of primary amides is 1. The fourth-order valence-corrected chi connectivity index (χ4v) is 5.63. The molecule has 3 N–H and O–H groups in total. The monoisotopic (exact) mass is 557 g/mol. The van der Waals surface area contributed by atoms with Crippen molar-refractivity contribution in [2.75, 3.05) is 11.9 Å². The summed E-state index contributed by atoms with van der Waals surface area (Å²) in [5.41, 5.74) is 7.97. The molecule has 2 atom stereocenters. The lowest BCUT2D eigenvalue weighted by Gasteiger charge is -2.24. The molecule has 1 aromatic heterocycles. The van der Waals surface area contributed by atoms with Gasteiger partial charge in [0.25, 0.3) is 5.91 Å². The largest absolute Gasteiger partial charge is 0.364 e. The van der Waals surface area contributed by atoms with Gasteiger partial charge in [-0.3, -0.25) is 23.9 Å². The standard InChI is InChI=1S/C30H25F2N5O4/c31-18-13-24(36(14-18)26(39)15-37-23-7-2-1-4-20(23)28(35-37)29(33)40)30(41)34-22-6-3-5-19(27(22)32)17-9-8-16-10-11-25(38)21(16)12-17/h1-9,12,18,24H,10-11,13-15H2,(H2,33,40)(H,34,41)/t18-,24+/m1/s1. The molecular weight excluding hydrogens is 532 g/mol. The molecule has 3 amide bonds. The van der Waals surface area contributed by atoms with Crippen LogP contribution in [0.3, 0.4) is 0 Å². The van der Waals surface area contributed by atoms with E-state index in [1.165, 1.54) is 10.7 Å². The van der Waals surface area contributed by atoms with Gasteiger partial charge in [-0.05, 0) is 35.7 Å². The number of aryl methyl sites for hydroxylation is 1. The molecule has 0 radical (unpaired) electrons. The minimum absolute atomic E-state index is 0.00410. The molecule has 0 saturated carbocycles. The van der Waals surface area contributed by atoms with Gasteiger partial charge >= 0.3 is 0 Å². The Morgan fingerprint density at radius 3 is 2.63 bits per heavy atom. The van der Waals surface area contributed by atoms with E-state index in [1.54, 1.807) is 54.6 Å². The van der Waals surface area contributed by atoms with Gasteiger partial charge in [0.2, 0.25) is 11.8 Å². The fraction of sp³-hybridized carbons (Fsp3) is 0.233. The summed E-state index contributed by atoms with van der Waals surface area (Å²) < 4.78 is 31.4. The Kier molecular flexibility index (Phi) is 6.56. The van der Waals surface area contributed by atoms with E-state index < -0.39 is 35.8 Å². The van der Waals surface area contributed by atoms with E-state index in [4.69, 9.17) is 5.73 Å². The first-order valence-electron chi connectivity index (χ1n) is 13.2. The summed E-state index contributed by atoms with van der Waals surface area (Å²) in [6.07, 6.45) is -0.627. The van der Waals surface area contributed by atoms with E-state index in [0.717, 1.165) is 10.5 Å². The Labute approximate surface area is 232 Å². The lowest BCUT2D eigenvalue weighted by molar-refractivity contribution is -0.137. The highest BCUT2D eigenvalue weighted by Crippen LogP contribution is 2.32. The second kappa shape index (κ2) is 10.2. The Bertz CT molecular complexity index is 1750. The summed E-state index contributed by atoms with van der Waals surface area (Å²) in [7, 11) is 0. The number of alkyl halides is 1. The Morgan fingerprint density at radius 1 is 1.02 bits per heavy atom. The van der Waals surface area contributed by atoms with Crippen LogP contribution in [-0.2, 0) is 22.6 Å². The molecule has 208 valence electrons. The highest BCUT2D eigenvalue weighted by molar-refractivity contribution is 6.04. The molecule has 1 aliphatic carbocycles. The number of nitrogens with two attached hydrogens (primary N) is 1. The van der Waals surface area contributed by atoms with Crippen LogP contribution in [0.5, 0.6) is 0 Å². The molecular formula is C30H25F2N5O4. The summed E-state index contributed by atoms with van der Waals surface area (Å²) in [6, 6.07) is 15.2. The number of rotatable bonds is 6. The van der Waals surface area contributed by atoms with Gasteiger partial charge in [0, 0.05) is 29.4 Å². The maximum absolute atomic E-state index is 15.6. The second-order valence-electron chi connectivity index (χ2n) is 10.2. The van der Waals surface area contributed by atoms with E-state index in [-0.39, 0.29) is 42.2 Å². The molecule has 0 unspecified atom stereocenters. The first-order chi connectivity index (χ1) is 19.7. The third-order valence-corrected chi connectivity index (χ3v) is 7.65. The predicted octanol–water partition coefficient (Wildman–Crippen LogP) is 3.65. The number of hydrogen-bond donors (Lipinski definition) is 2. The summed E-state index contributed by atoms with van der Waals surface area (Å²) in [5, 5.41) is 7.15. The van der Waals surface area contributed by atoms with Crippen LogP contribution in [0.2, 0.25) is 0 Å². The van der Waals surface area contributed by atoms with E-state index in [9.17, 15) is 23.6 Å². The highest BCUT2D eigenvalue weighted by Gasteiger charge is 2.40. The van der Waals surface area contributed by atoms with Gasteiger partial charge < -0.3 is 16.0 Å². The fourth-order valence-electron chi connectivity index (χ4n) is 5.63. The number of carbonyl (C=O) groups excluding carboxylic acids is 4. The average Bonchev–Trinajstić information content (AvgIpc) is 3.65. The number of likely N-dealkylation sites (tertiary alicyclic amines) is 1. The molecule has 41 heavy (non-hydrogen) atoms. The number of aromatic nitrogens is 2. The van der Waals surface area contributed by atoms with Gasteiger partial charge in [0.1, 0.15) is 18.8 Å². The van der Waals surface area contributed by atoms with Crippen molar-refractivity contribution >= 4 is 40.1 Å². The molecule has 9 nitrogen and oxygen atoms in total. The number of benzene rings is 3. The summed E-state index contributed by atoms with van der Waals surface area (Å²) in [6.45, 7) is -0.671. The number of ketones is 1. The van der Waals surface area contributed by atoms with Crippen LogP contribution in [0.15, 0.2) is 60.7 Å². The van der Waals surface area contributed by atoms with Crippen molar-refractivity contribution in [3.8, 4) is 11.1 Å². The molecule has 1 aliphatic heterocycles. The predicted molar refractivity (Wildman–Crippen MR) is 146 cm³/mol. The van der Waals surface area contributed by atoms with E-state index in [1.807, 2.05) is 0 Å². The summed E-state index contributed by atoms with van der Waals surface area (Å²) >= 11 is 0. The third-order valence-electron chi connectivity index (χ3n) is 7.65. The van der Waals surface area contributed by atoms with Crippen LogP contribution >= 0.6 is 0 Å². The molecule has 3 aromatic carbocycles. The molecule has 2 heterocycles. The number of fused-ring (bicyclic) bond motifs is 2. The van der Waals surface area contributed by atoms with Gasteiger partial charge in [-0.1, -0.05) is 42.5 Å². The van der Waals surface area contributed by atoms with Crippen molar-refractivity contribution in [1.29, 1.82) is 0 Å². The molecule has 0 bridgehead atoms. The molecule has 11 heteroatoms. The number of hydrogen-bond acceptors (Lipinski definition) is 5. The maximum atomic E-state index is 15.6. The van der Waals surface area contributed by atoms with Crippen molar-refractivity contribution in [2.24, 2.45) is 5.73 Å². The normalized spacial score (nSPS) is 18.1. The first-order valence-corrected chi connectivity index (χ1v) is 13.2. The topological polar surface area (TPSA) is 127 Å². The van der Waals surface area contributed by atoms with Crippen LogP contribution in [0.25, 0.3) is 22.0 Å². The van der Waals surface area contributed by atoms with Gasteiger partial charge in [-0.2, -0.15) is 5.10 Å². The minimum Gasteiger partial charge on any atom is -0.364 e. The SMILES string of the molecule is NC(=O)c1nn(CC(=O)N2C[C@H](F)C[C@H]2C(=O)Nc2cccc(-c3ccc4c(c3)C(=O)CC4)c2F)c2ccccc12. The number of anilines is 1. The Morgan fingerprint density at radius 2 is 1.83 bits per heavy atom. The number of Topliss-reactive ketones (excluding diaryl/α,β-unsaturated/α-hetero) is 1. The lowest BCUT2D eigenvalue weighted by Crippen LogP contribution is -2.44. The third kappa shape index (κ3) is 4.73. The second-order valence-corrected chi connectivity index (χ2v) is 10.2. The average molecular weight is 558 g/mol.